The lowest BCUT2D eigenvalue weighted by Crippen LogP contribution is -2.07. The second-order valence-electron chi connectivity index (χ2n) is 5.12. The number of ether oxygens (including phenoxy) is 2. The summed E-state index contributed by atoms with van der Waals surface area (Å²) in [5, 5.41) is 9.03. The molecule has 2 rings (SSSR count). The monoisotopic (exact) mass is 423 g/mol. The molecular formula is C16H11F6N3O2S. The van der Waals surface area contributed by atoms with Crippen molar-refractivity contribution in [3.8, 4) is 23.6 Å². The maximum Gasteiger partial charge on any atom is 0.441 e. The van der Waals surface area contributed by atoms with Gasteiger partial charge in [0.25, 0.3) is 0 Å². The molecule has 0 spiro atoms. The van der Waals surface area contributed by atoms with Crippen LogP contribution in [0.1, 0.15) is 17.7 Å². The minimum absolute atomic E-state index is 0.0507. The van der Waals surface area contributed by atoms with E-state index in [0.29, 0.717) is 6.07 Å². The van der Waals surface area contributed by atoms with Gasteiger partial charge in [-0.25, -0.2) is 0 Å². The van der Waals surface area contributed by atoms with Crippen LogP contribution in [0.2, 0.25) is 0 Å². The zero-order chi connectivity index (χ0) is 20.8. The summed E-state index contributed by atoms with van der Waals surface area (Å²) in [5.74, 6) is -0.742. The molecule has 0 saturated heterocycles. The molecule has 0 fully saturated rings. The van der Waals surface area contributed by atoms with E-state index in [2.05, 4.69) is 9.97 Å². The van der Waals surface area contributed by atoms with Gasteiger partial charge in [0.15, 0.2) is 0 Å². The molecular weight excluding hydrogens is 412 g/mol. The van der Waals surface area contributed by atoms with Crippen molar-refractivity contribution in [1.29, 1.82) is 5.26 Å². The summed E-state index contributed by atoms with van der Waals surface area (Å²) in [6.07, 6.45) is -3.69. The molecule has 0 atom stereocenters. The Bertz CT molecular complexity index is 851. The second kappa shape index (κ2) is 9.01. The molecule has 0 unspecified atom stereocenters. The molecule has 0 bridgehead atoms. The Morgan fingerprint density at radius 3 is 2.43 bits per heavy atom. The number of thioether (sulfide) groups is 1. The Kier molecular flexibility index (Phi) is 6.95. The van der Waals surface area contributed by atoms with Crippen LogP contribution in [0.3, 0.4) is 0 Å². The van der Waals surface area contributed by atoms with Crippen molar-refractivity contribution in [3.63, 3.8) is 0 Å². The molecule has 2 aromatic rings. The molecule has 0 aliphatic rings. The van der Waals surface area contributed by atoms with E-state index in [1.165, 1.54) is 18.2 Å². The van der Waals surface area contributed by atoms with Crippen LogP contribution < -0.4 is 9.47 Å². The molecule has 0 amide bonds. The highest BCUT2D eigenvalue weighted by Gasteiger charge is 2.32. The third kappa shape index (κ3) is 7.15. The third-order valence-corrected chi connectivity index (χ3v) is 3.78. The van der Waals surface area contributed by atoms with Crippen LogP contribution in [0, 0.1) is 11.3 Å². The highest BCUT2D eigenvalue weighted by atomic mass is 32.2. The predicted octanol–water partition coefficient (Wildman–Crippen LogP) is 5.18. The number of nitrogens with zero attached hydrogens (tertiary/aromatic N) is 3. The summed E-state index contributed by atoms with van der Waals surface area (Å²) in [4.78, 5) is 7.08. The van der Waals surface area contributed by atoms with E-state index in [9.17, 15) is 26.3 Å². The van der Waals surface area contributed by atoms with Gasteiger partial charge in [-0.2, -0.15) is 36.6 Å². The normalized spacial score (nSPS) is 11.8. The molecule has 0 saturated carbocycles. The maximum absolute atomic E-state index is 12.7. The largest absolute Gasteiger partial charge is 0.478 e. The summed E-state index contributed by atoms with van der Waals surface area (Å²) in [6, 6.07) is 6.05. The van der Waals surface area contributed by atoms with Crippen molar-refractivity contribution < 1.29 is 35.8 Å². The Balaban J connectivity index is 2.05. The van der Waals surface area contributed by atoms with Gasteiger partial charge in [0, 0.05) is 30.1 Å². The molecule has 2 aromatic heterocycles. The lowest BCUT2D eigenvalue weighted by Gasteiger charge is -2.11. The number of hydrogen-bond donors (Lipinski definition) is 0. The van der Waals surface area contributed by atoms with Crippen LogP contribution >= 0.6 is 11.8 Å². The molecule has 0 aromatic carbocycles. The molecule has 5 nitrogen and oxygen atoms in total. The van der Waals surface area contributed by atoms with Crippen molar-refractivity contribution in [2.75, 3.05) is 12.4 Å². The molecule has 150 valence electrons. The van der Waals surface area contributed by atoms with Gasteiger partial charge in [-0.05, 0) is 12.5 Å². The first kappa shape index (κ1) is 21.6. The van der Waals surface area contributed by atoms with E-state index >= 15 is 0 Å². The van der Waals surface area contributed by atoms with Crippen molar-refractivity contribution in [2.24, 2.45) is 0 Å². The number of halogens is 6. The zero-order valence-corrected chi connectivity index (χ0v) is 14.7. The Morgan fingerprint density at radius 1 is 1.07 bits per heavy atom. The highest BCUT2D eigenvalue weighted by molar-refractivity contribution is 8.00. The van der Waals surface area contributed by atoms with E-state index in [-0.39, 0.29) is 53.6 Å². The molecule has 12 heteroatoms. The second-order valence-corrected chi connectivity index (χ2v) is 6.28. The Labute approximate surface area is 159 Å². The van der Waals surface area contributed by atoms with Gasteiger partial charge in [0.2, 0.25) is 11.8 Å². The fraction of sp³-hybridized carbons (Fsp3) is 0.312. The van der Waals surface area contributed by atoms with E-state index < -0.39 is 17.4 Å². The smallest absolute Gasteiger partial charge is 0.441 e. The summed E-state index contributed by atoms with van der Waals surface area (Å²) in [7, 11) is 0. The van der Waals surface area contributed by atoms with Gasteiger partial charge in [-0.3, -0.25) is 4.98 Å². The standard InChI is InChI=1S/C16H11F6N3O2S/c17-15(18,19)12-8-11(2-3-24-12)27-14-7-10(9-23)6-13(25-14)26-4-1-5-28-16(20,21)22/h2-3,6-8H,1,4-5H2. The van der Waals surface area contributed by atoms with Crippen LogP contribution in [0.4, 0.5) is 26.3 Å². The number of nitriles is 1. The van der Waals surface area contributed by atoms with E-state index in [4.69, 9.17) is 14.7 Å². The average Bonchev–Trinajstić information content (AvgIpc) is 2.59. The fourth-order valence-corrected chi connectivity index (χ4v) is 2.34. The van der Waals surface area contributed by atoms with Gasteiger partial charge in [-0.1, -0.05) is 11.8 Å². The van der Waals surface area contributed by atoms with Crippen LogP contribution in [0.25, 0.3) is 0 Å². The van der Waals surface area contributed by atoms with Gasteiger partial charge < -0.3 is 9.47 Å². The lowest BCUT2D eigenvalue weighted by molar-refractivity contribution is -0.141. The van der Waals surface area contributed by atoms with Crippen LogP contribution in [-0.4, -0.2) is 27.8 Å². The number of pyridine rings is 2. The zero-order valence-electron chi connectivity index (χ0n) is 13.8. The third-order valence-electron chi connectivity index (χ3n) is 2.96. The SMILES string of the molecule is N#Cc1cc(OCCCSC(F)(F)F)nc(Oc2ccnc(C(F)(F)F)c2)c1. The summed E-state index contributed by atoms with van der Waals surface area (Å²) >= 11 is -0.191. The molecule has 2 heterocycles. The molecule has 0 aliphatic heterocycles. The van der Waals surface area contributed by atoms with E-state index in [0.717, 1.165) is 6.20 Å². The van der Waals surface area contributed by atoms with Crippen LogP contribution in [-0.2, 0) is 6.18 Å². The van der Waals surface area contributed by atoms with Crippen molar-refractivity contribution >= 4 is 11.8 Å². The molecule has 0 radical (unpaired) electrons. The van der Waals surface area contributed by atoms with E-state index in [1.54, 1.807) is 6.07 Å². The van der Waals surface area contributed by atoms with Crippen LogP contribution in [0.15, 0.2) is 30.5 Å². The minimum atomic E-state index is -4.66. The first-order valence-corrected chi connectivity index (χ1v) is 8.52. The average molecular weight is 423 g/mol. The maximum atomic E-state index is 12.7. The van der Waals surface area contributed by atoms with Gasteiger partial charge in [0.05, 0.1) is 18.2 Å². The van der Waals surface area contributed by atoms with Crippen molar-refractivity contribution in [2.45, 2.75) is 18.1 Å². The predicted molar refractivity (Wildman–Crippen MR) is 86.9 cm³/mol. The number of rotatable bonds is 7. The first-order chi connectivity index (χ1) is 13.1. The van der Waals surface area contributed by atoms with Gasteiger partial charge in [-0.15, -0.1) is 0 Å². The summed E-state index contributed by atoms with van der Waals surface area (Å²) in [6.45, 7) is -0.0993. The van der Waals surface area contributed by atoms with Gasteiger partial charge >= 0.3 is 11.7 Å². The fourth-order valence-electron chi connectivity index (χ4n) is 1.85. The molecule has 0 N–H and O–H groups in total. The lowest BCUT2D eigenvalue weighted by atomic mass is 10.3. The Morgan fingerprint density at radius 2 is 1.79 bits per heavy atom. The topological polar surface area (TPSA) is 68.0 Å². The summed E-state index contributed by atoms with van der Waals surface area (Å²) in [5.41, 5.74) is -5.45. The van der Waals surface area contributed by atoms with Crippen molar-refractivity contribution in [1.82, 2.24) is 9.97 Å². The number of aromatic nitrogens is 2. The minimum Gasteiger partial charge on any atom is -0.478 e. The van der Waals surface area contributed by atoms with Gasteiger partial charge in [0.1, 0.15) is 11.4 Å². The molecule has 0 aliphatic carbocycles. The Hall–Kier alpha value is -2.68. The highest BCUT2D eigenvalue weighted by Crippen LogP contribution is 2.32. The van der Waals surface area contributed by atoms with Crippen LogP contribution in [0.5, 0.6) is 17.5 Å². The van der Waals surface area contributed by atoms with Crippen molar-refractivity contribution in [3.05, 3.63) is 41.7 Å². The number of alkyl halides is 6. The molecule has 28 heavy (non-hydrogen) atoms. The number of hydrogen-bond acceptors (Lipinski definition) is 6. The quantitative estimate of drug-likeness (QED) is 0.452. The summed E-state index contributed by atoms with van der Waals surface area (Å²) < 4.78 is 84.7. The van der Waals surface area contributed by atoms with E-state index in [1.807, 2.05) is 0 Å². The first-order valence-electron chi connectivity index (χ1n) is 7.53.